The van der Waals surface area contributed by atoms with E-state index < -0.39 is 34.5 Å². The number of Topliss-reactive ketones (excluding diaryl/α,β-unsaturated/α-hetero) is 1. The van der Waals surface area contributed by atoms with Gasteiger partial charge in [-0.2, -0.15) is 0 Å². The SMILES string of the molecule is O=C1[C@@H]2[C@H](C(=O)N1c1cccc3ccccc13)[C@@]1(c3ccc(Cl)cc3)C(=O)[C@@]2(c2ccc(Cl)cc2)C(c2ccccc2)=C1c1ccccc1. The number of carbonyl (C=O) groups excluding carboxylic acids is 3. The van der Waals surface area contributed by atoms with Crippen LogP contribution in [0.4, 0.5) is 5.69 Å². The number of benzene rings is 6. The number of imide groups is 1. The molecular weight excluding hydrogens is 649 g/mol. The Morgan fingerprint density at radius 3 is 1.39 bits per heavy atom. The molecule has 0 spiro atoms. The molecule has 6 aromatic rings. The molecule has 49 heavy (non-hydrogen) atoms. The Hall–Kier alpha value is -5.29. The van der Waals surface area contributed by atoms with Crippen LogP contribution in [0, 0.1) is 11.8 Å². The van der Waals surface area contributed by atoms with Crippen LogP contribution < -0.4 is 4.90 Å². The summed E-state index contributed by atoms with van der Waals surface area (Å²) in [5.74, 6) is -3.06. The van der Waals surface area contributed by atoms with Crippen LogP contribution >= 0.6 is 23.2 Å². The molecule has 2 aliphatic carbocycles. The molecule has 4 atom stereocenters. The molecule has 2 bridgehead atoms. The number of carbonyl (C=O) groups is 3. The van der Waals surface area contributed by atoms with Crippen molar-refractivity contribution in [2.24, 2.45) is 11.8 Å². The maximum atomic E-state index is 16.1. The van der Waals surface area contributed by atoms with Gasteiger partial charge in [0.1, 0.15) is 0 Å². The fraction of sp³-hybridized carbons (Fsp3) is 0.0930. The highest BCUT2D eigenvalue weighted by atomic mass is 35.5. The highest BCUT2D eigenvalue weighted by Gasteiger charge is 2.82. The summed E-state index contributed by atoms with van der Waals surface area (Å²) >= 11 is 12.9. The first-order valence-corrected chi connectivity index (χ1v) is 16.9. The third-order valence-corrected chi connectivity index (χ3v) is 11.2. The highest BCUT2D eigenvalue weighted by Crippen LogP contribution is 2.74. The Morgan fingerprint density at radius 1 is 0.469 bits per heavy atom. The van der Waals surface area contributed by atoms with E-state index in [1.54, 1.807) is 24.3 Å². The van der Waals surface area contributed by atoms with Crippen LogP contribution in [0.15, 0.2) is 152 Å². The van der Waals surface area contributed by atoms with Gasteiger partial charge in [0, 0.05) is 15.4 Å². The number of hydrogen-bond donors (Lipinski definition) is 0. The summed E-state index contributed by atoms with van der Waals surface area (Å²) in [7, 11) is 0. The second-order valence-corrected chi connectivity index (χ2v) is 13.8. The monoisotopic (exact) mass is 675 g/mol. The van der Waals surface area contributed by atoms with Crippen molar-refractivity contribution in [1.82, 2.24) is 0 Å². The lowest BCUT2D eigenvalue weighted by Gasteiger charge is -2.39. The first kappa shape index (κ1) is 29.8. The molecule has 2 fully saturated rings. The standard InChI is InChI=1S/C43H27Cl2NO3/c44-31-22-18-29(19-23-31)42-35(27-11-3-1-4-12-27)36(28-13-5-2-6-14-28)43(41(42)49,30-20-24-32(45)25-21-30)38-37(42)39(47)46(40(38)48)34-17-9-15-26-10-7-8-16-33(26)34/h1-25,37-38H/t37-,38+,42-,43-/m0/s1. The minimum absolute atomic E-state index is 0.198. The van der Waals surface area contributed by atoms with Gasteiger partial charge in [-0.05, 0) is 69.1 Å². The zero-order valence-electron chi connectivity index (χ0n) is 26.0. The average Bonchev–Trinajstić information content (AvgIpc) is 3.64. The van der Waals surface area contributed by atoms with E-state index in [0.717, 1.165) is 33.0 Å². The summed E-state index contributed by atoms with van der Waals surface area (Å²) in [6.45, 7) is 0. The van der Waals surface area contributed by atoms with Gasteiger partial charge in [0.25, 0.3) is 0 Å². The van der Waals surface area contributed by atoms with Crippen molar-refractivity contribution in [2.45, 2.75) is 10.8 Å². The van der Waals surface area contributed by atoms with Crippen molar-refractivity contribution in [3.8, 4) is 0 Å². The quantitative estimate of drug-likeness (QED) is 0.171. The Kier molecular flexibility index (Phi) is 6.61. The number of nitrogens with zero attached hydrogens (tertiary/aromatic N) is 1. The molecule has 1 saturated carbocycles. The number of fused-ring (bicyclic) bond motifs is 6. The average molecular weight is 677 g/mol. The normalized spacial score (nSPS) is 24.3. The first-order valence-electron chi connectivity index (χ1n) is 16.2. The fourth-order valence-electron chi connectivity index (χ4n) is 9.00. The molecule has 1 heterocycles. The summed E-state index contributed by atoms with van der Waals surface area (Å²) in [4.78, 5) is 48.1. The van der Waals surface area contributed by atoms with Gasteiger partial charge in [0.05, 0.1) is 28.4 Å². The zero-order valence-corrected chi connectivity index (χ0v) is 27.5. The molecule has 1 aliphatic heterocycles. The third-order valence-electron chi connectivity index (χ3n) is 10.7. The Labute approximate surface area is 293 Å². The summed E-state index contributed by atoms with van der Waals surface area (Å²) in [6.07, 6.45) is 0. The molecule has 6 heteroatoms. The minimum Gasteiger partial charge on any atom is -0.297 e. The van der Waals surface area contributed by atoms with E-state index in [-0.39, 0.29) is 5.78 Å². The van der Waals surface area contributed by atoms with Crippen molar-refractivity contribution in [3.05, 3.63) is 184 Å². The van der Waals surface area contributed by atoms with Gasteiger partial charge in [-0.3, -0.25) is 14.4 Å². The van der Waals surface area contributed by atoms with Crippen LogP contribution in [0.2, 0.25) is 10.0 Å². The molecule has 9 rings (SSSR count). The van der Waals surface area contributed by atoms with Gasteiger partial charge < -0.3 is 0 Å². The van der Waals surface area contributed by atoms with Gasteiger partial charge in [0.2, 0.25) is 11.8 Å². The smallest absolute Gasteiger partial charge is 0.239 e. The lowest BCUT2D eigenvalue weighted by molar-refractivity contribution is -0.130. The molecule has 6 aromatic carbocycles. The third kappa shape index (κ3) is 3.84. The minimum atomic E-state index is -1.52. The van der Waals surface area contributed by atoms with Crippen LogP contribution in [-0.2, 0) is 25.2 Å². The van der Waals surface area contributed by atoms with E-state index in [1.807, 2.05) is 127 Å². The van der Waals surface area contributed by atoms with E-state index in [0.29, 0.717) is 26.9 Å². The van der Waals surface area contributed by atoms with Crippen molar-refractivity contribution in [2.75, 3.05) is 4.90 Å². The molecule has 0 unspecified atom stereocenters. The number of hydrogen-bond acceptors (Lipinski definition) is 3. The van der Waals surface area contributed by atoms with Gasteiger partial charge in [0.15, 0.2) is 5.78 Å². The molecule has 3 aliphatic rings. The highest BCUT2D eigenvalue weighted by molar-refractivity contribution is 6.40. The molecule has 4 nitrogen and oxygen atoms in total. The largest absolute Gasteiger partial charge is 0.297 e. The van der Waals surface area contributed by atoms with E-state index in [4.69, 9.17) is 23.2 Å². The lowest BCUT2D eigenvalue weighted by atomic mass is 9.59. The van der Waals surface area contributed by atoms with Crippen molar-refractivity contribution >= 4 is 68.4 Å². The van der Waals surface area contributed by atoms with Crippen molar-refractivity contribution in [3.63, 3.8) is 0 Å². The predicted octanol–water partition coefficient (Wildman–Crippen LogP) is 9.34. The topological polar surface area (TPSA) is 54.5 Å². The van der Waals surface area contributed by atoms with E-state index in [9.17, 15) is 0 Å². The number of rotatable bonds is 5. The summed E-state index contributed by atoms with van der Waals surface area (Å²) in [6, 6.07) is 47.3. The van der Waals surface area contributed by atoms with Gasteiger partial charge in [-0.1, -0.05) is 145 Å². The van der Waals surface area contributed by atoms with Gasteiger partial charge in [-0.15, -0.1) is 0 Å². The van der Waals surface area contributed by atoms with Crippen LogP contribution in [0.5, 0.6) is 0 Å². The predicted molar refractivity (Wildman–Crippen MR) is 194 cm³/mol. The molecular formula is C43H27Cl2NO3. The summed E-state index contributed by atoms with van der Waals surface area (Å²) in [5, 5.41) is 2.70. The van der Waals surface area contributed by atoms with E-state index in [1.165, 1.54) is 4.90 Å². The summed E-state index contributed by atoms with van der Waals surface area (Å²) in [5.41, 5.74) is 1.78. The molecule has 0 radical (unpaired) electrons. The van der Waals surface area contributed by atoms with Gasteiger partial charge >= 0.3 is 0 Å². The Bertz CT molecular complexity index is 2240. The summed E-state index contributed by atoms with van der Waals surface area (Å²) < 4.78 is 0. The van der Waals surface area contributed by atoms with E-state index >= 15 is 14.4 Å². The van der Waals surface area contributed by atoms with E-state index in [2.05, 4.69) is 0 Å². The molecule has 0 aromatic heterocycles. The van der Waals surface area contributed by atoms with Crippen molar-refractivity contribution < 1.29 is 14.4 Å². The van der Waals surface area contributed by atoms with Crippen LogP contribution in [0.25, 0.3) is 21.9 Å². The van der Waals surface area contributed by atoms with Crippen LogP contribution in [-0.4, -0.2) is 17.6 Å². The second kappa shape index (κ2) is 10.9. The first-order chi connectivity index (χ1) is 23.9. The van der Waals surface area contributed by atoms with Gasteiger partial charge in [-0.25, -0.2) is 4.90 Å². The number of ketones is 1. The van der Waals surface area contributed by atoms with Crippen LogP contribution in [0.1, 0.15) is 22.3 Å². The number of halogens is 2. The second-order valence-electron chi connectivity index (χ2n) is 12.9. The molecule has 236 valence electrons. The zero-order chi connectivity index (χ0) is 33.5. The van der Waals surface area contributed by atoms with Crippen LogP contribution in [0.3, 0.4) is 0 Å². The number of anilines is 1. The molecule has 0 N–H and O–H groups in total. The molecule has 1 saturated heterocycles. The Balaban J connectivity index is 1.45. The van der Waals surface area contributed by atoms with Crippen molar-refractivity contribution in [1.29, 1.82) is 0 Å². The number of allylic oxidation sites excluding steroid dienone is 2. The number of amides is 2. The maximum Gasteiger partial charge on any atom is 0.239 e. The Morgan fingerprint density at radius 2 is 0.898 bits per heavy atom. The fourth-order valence-corrected chi connectivity index (χ4v) is 9.25. The maximum absolute atomic E-state index is 16.1. The lowest BCUT2D eigenvalue weighted by Crippen LogP contribution is -2.45. The molecule has 2 amide bonds.